The molecule has 0 N–H and O–H groups in total. The van der Waals surface area contributed by atoms with Crippen molar-refractivity contribution in [1.29, 1.82) is 0 Å². The standard InChI is InChI=1S/C14H18F6O4/c1-3-23-11(21)9(5-7-13(15,16)17)10(12(22)24-4-2)6-8-14(18,19)20/h3-8H2,1-2H3/b10-9-. The number of ether oxygens (including phenoxy) is 2. The van der Waals surface area contributed by atoms with E-state index in [1.807, 2.05) is 0 Å². The molecule has 0 aromatic heterocycles. The maximum Gasteiger partial charge on any atom is 0.389 e. The Morgan fingerprint density at radius 3 is 1.21 bits per heavy atom. The third-order valence-electron chi connectivity index (χ3n) is 2.72. The van der Waals surface area contributed by atoms with Crippen molar-refractivity contribution in [3.05, 3.63) is 11.1 Å². The van der Waals surface area contributed by atoms with Crippen LogP contribution in [0.2, 0.25) is 0 Å². The van der Waals surface area contributed by atoms with Crippen LogP contribution in [0.15, 0.2) is 11.1 Å². The van der Waals surface area contributed by atoms with Crippen molar-refractivity contribution in [3.63, 3.8) is 0 Å². The van der Waals surface area contributed by atoms with Gasteiger partial charge in [0.1, 0.15) is 0 Å². The molecule has 0 heterocycles. The molecule has 0 atom stereocenters. The summed E-state index contributed by atoms with van der Waals surface area (Å²) in [6.07, 6.45) is -14.2. The van der Waals surface area contributed by atoms with Crippen LogP contribution >= 0.6 is 0 Å². The second-order valence-corrected chi connectivity index (χ2v) is 4.63. The summed E-state index contributed by atoms with van der Waals surface area (Å²) in [5.74, 6) is -2.51. The molecular weight excluding hydrogens is 346 g/mol. The average molecular weight is 364 g/mol. The van der Waals surface area contributed by atoms with E-state index >= 15 is 0 Å². The number of rotatable bonds is 8. The molecule has 0 amide bonds. The molecule has 0 aliphatic heterocycles. The molecule has 0 aliphatic rings. The first kappa shape index (κ1) is 22.3. The Kier molecular flexibility index (Phi) is 8.84. The molecule has 4 nitrogen and oxygen atoms in total. The van der Waals surface area contributed by atoms with Gasteiger partial charge in [-0.2, -0.15) is 26.3 Å². The molecule has 24 heavy (non-hydrogen) atoms. The molecule has 0 unspecified atom stereocenters. The second-order valence-electron chi connectivity index (χ2n) is 4.63. The van der Waals surface area contributed by atoms with Crippen LogP contribution in [0.25, 0.3) is 0 Å². The quantitative estimate of drug-likeness (QED) is 0.370. The van der Waals surface area contributed by atoms with E-state index in [1.165, 1.54) is 13.8 Å². The summed E-state index contributed by atoms with van der Waals surface area (Å²) in [5.41, 5.74) is -1.48. The second kappa shape index (κ2) is 9.53. The lowest BCUT2D eigenvalue weighted by Gasteiger charge is -2.15. The lowest BCUT2D eigenvalue weighted by Crippen LogP contribution is -2.20. The average Bonchev–Trinajstić information content (AvgIpc) is 2.40. The normalized spacial score (nSPS) is 13.3. The van der Waals surface area contributed by atoms with Crippen molar-refractivity contribution >= 4 is 11.9 Å². The minimum atomic E-state index is -4.65. The van der Waals surface area contributed by atoms with Crippen LogP contribution in [-0.4, -0.2) is 37.5 Å². The molecule has 0 aliphatic carbocycles. The summed E-state index contributed by atoms with van der Waals surface area (Å²) in [6.45, 7) is 2.34. The number of hydrogen-bond donors (Lipinski definition) is 0. The predicted octanol–water partition coefficient (Wildman–Crippen LogP) is 4.09. The van der Waals surface area contributed by atoms with E-state index < -0.39 is 61.1 Å². The first-order chi connectivity index (χ1) is 10.9. The molecule has 0 bridgehead atoms. The van der Waals surface area contributed by atoms with Crippen molar-refractivity contribution in [2.45, 2.75) is 51.9 Å². The van der Waals surface area contributed by atoms with Gasteiger partial charge < -0.3 is 9.47 Å². The maximum atomic E-state index is 12.4. The van der Waals surface area contributed by atoms with Gasteiger partial charge in [-0.1, -0.05) is 0 Å². The maximum absolute atomic E-state index is 12.4. The highest BCUT2D eigenvalue weighted by Crippen LogP contribution is 2.30. The third kappa shape index (κ3) is 9.41. The number of halogens is 6. The molecule has 0 radical (unpaired) electrons. The highest BCUT2D eigenvalue weighted by atomic mass is 19.4. The molecule has 0 saturated heterocycles. The lowest BCUT2D eigenvalue weighted by molar-refractivity contribution is -0.146. The van der Waals surface area contributed by atoms with E-state index in [0.717, 1.165) is 0 Å². The largest absolute Gasteiger partial charge is 0.463 e. The molecule has 10 heteroatoms. The Bertz CT molecular complexity index is 423. The molecule has 0 rings (SSSR count). The lowest BCUT2D eigenvalue weighted by atomic mass is 9.99. The van der Waals surface area contributed by atoms with Gasteiger partial charge in [0, 0.05) is 24.0 Å². The fourth-order valence-electron chi connectivity index (χ4n) is 1.72. The minimum absolute atomic E-state index is 0.205. The number of carbonyl (C=O) groups is 2. The van der Waals surface area contributed by atoms with E-state index in [4.69, 9.17) is 0 Å². The van der Waals surface area contributed by atoms with Gasteiger partial charge in [-0.3, -0.25) is 0 Å². The summed E-state index contributed by atoms with van der Waals surface area (Å²) in [7, 11) is 0. The Morgan fingerprint density at radius 2 is 1.00 bits per heavy atom. The first-order valence-corrected chi connectivity index (χ1v) is 7.11. The van der Waals surface area contributed by atoms with Crippen LogP contribution in [0.1, 0.15) is 39.5 Å². The monoisotopic (exact) mass is 364 g/mol. The van der Waals surface area contributed by atoms with Gasteiger partial charge in [0.05, 0.1) is 13.2 Å². The Balaban J connectivity index is 5.70. The summed E-state index contributed by atoms with van der Waals surface area (Å²) in [5, 5.41) is 0. The minimum Gasteiger partial charge on any atom is -0.463 e. The SMILES string of the molecule is CCOC(=O)/C(CCC(F)(F)F)=C(/CCC(F)(F)F)C(=O)OCC. The van der Waals surface area contributed by atoms with E-state index in [1.54, 1.807) is 0 Å². The van der Waals surface area contributed by atoms with Crippen molar-refractivity contribution in [1.82, 2.24) is 0 Å². The molecule has 0 fully saturated rings. The zero-order chi connectivity index (χ0) is 19.0. The first-order valence-electron chi connectivity index (χ1n) is 7.11. The molecule has 0 saturated carbocycles. The molecule has 0 aromatic carbocycles. The third-order valence-corrected chi connectivity index (χ3v) is 2.72. The summed E-state index contributed by atoms with van der Waals surface area (Å²) >= 11 is 0. The van der Waals surface area contributed by atoms with Gasteiger partial charge in [0.2, 0.25) is 0 Å². The summed E-state index contributed by atoms with van der Waals surface area (Å²) in [4.78, 5) is 23.6. The van der Waals surface area contributed by atoms with Crippen LogP contribution in [0.4, 0.5) is 26.3 Å². The van der Waals surface area contributed by atoms with Crippen LogP contribution in [0, 0.1) is 0 Å². The van der Waals surface area contributed by atoms with Crippen LogP contribution in [-0.2, 0) is 19.1 Å². The molecular formula is C14H18F6O4. The summed E-state index contributed by atoms with van der Waals surface area (Å²) in [6, 6.07) is 0. The van der Waals surface area contributed by atoms with E-state index in [9.17, 15) is 35.9 Å². The van der Waals surface area contributed by atoms with Crippen molar-refractivity contribution in [2.24, 2.45) is 0 Å². The summed E-state index contributed by atoms with van der Waals surface area (Å²) < 4.78 is 83.4. The van der Waals surface area contributed by atoms with Crippen LogP contribution < -0.4 is 0 Å². The van der Waals surface area contributed by atoms with Crippen molar-refractivity contribution in [2.75, 3.05) is 13.2 Å². The van der Waals surface area contributed by atoms with Gasteiger partial charge in [0.15, 0.2) is 0 Å². The van der Waals surface area contributed by atoms with E-state index in [2.05, 4.69) is 9.47 Å². The fraction of sp³-hybridized carbons (Fsp3) is 0.714. The Labute approximate surface area is 134 Å². The number of alkyl halides is 6. The Morgan fingerprint density at radius 1 is 0.708 bits per heavy atom. The zero-order valence-electron chi connectivity index (χ0n) is 13.1. The smallest absolute Gasteiger partial charge is 0.389 e. The van der Waals surface area contributed by atoms with Gasteiger partial charge in [-0.05, 0) is 26.7 Å². The number of carbonyl (C=O) groups excluding carboxylic acids is 2. The van der Waals surface area contributed by atoms with Crippen molar-refractivity contribution < 1.29 is 45.4 Å². The van der Waals surface area contributed by atoms with Gasteiger partial charge in [-0.25, -0.2) is 9.59 Å². The zero-order valence-corrected chi connectivity index (χ0v) is 13.1. The fourth-order valence-corrected chi connectivity index (χ4v) is 1.72. The topological polar surface area (TPSA) is 52.6 Å². The molecule has 0 spiro atoms. The Hall–Kier alpha value is -1.74. The van der Waals surface area contributed by atoms with Crippen LogP contribution in [0.3, 0.4) is 0 Å². The van der Waals surface area contributed by atoms with Crippen molar-refractivity contribution in [3.8, 4) is 0 Å². The highest BCUT2D eigenvalue weighted by Gasteiger charge is 2.34. The van der Waals surface area contributed by atoms with E-state index in [0.29, 0.717) is 0 Å². The predicted molar refractivity (Wildman–Crippen MR) is 70.9 cm³/mol. The number of hydrogen-bond acceptors (Lipinski definition) is 4. The van der Waals surface area contributed by atoms with Crippen LogP contribution in [0.5, 0.6) is 0 Å². The van der Waals surface area contributed by atoms with Gasteiger partial charge in [0.25, 0.3) is 0 Å². The van der Waals surface area contributed by atoms with E-state index in [-0.39, 0.29) is 13.2 Å². The highest BCUT2D eigenvalue weighted by molar-refractivity contribution is 6.00. The van der Waals surface area contributed by atoms with Gasteiger partial charge >= 0.3 is 24.3 Å². The molecule has 140 valence electrons. The number of esters is 2. The van der Waals surface area contributed by atoms with Gasteiger partial charge in [-0.15, -0.1) is 0 Å². The molecule has 0 aromatic rings.